The molecule has 2 heterocycles. The molecular weight excluding hydrogens is 732 g/mol. The molecule has 5 heteroatoms. The molecule has 0 atom stereocenters. The number of nitrogens with zero attached hydrogens (tertiary/aromatic N) is 4. The van der Waals surface area contributed by atoms with E-state index in [-0.39, 0.29) is 21.1 Å². The van der Waals surface area contributed by atoms with Gasteiger partial charge in [0.25, 0.3) is 0 Å². The zero-order valence-electron chi connectivity index (χ0n) is 24.1. The molecule has 0 fully saturated rings. The van der Waals surface area contributed by atoms with Gasteiger partial charge in [-0.3, -0.25) is 9.36 Å². The van der Waals surface area contributed by atoms with Crippen molar-refractivity contribution in [3.8, 4) is 11.4 Å². The molecule has 0 saturated heterocycles. The molecule has 0 aliphatic heterocycles. The van der Waals surface area contributed by atoms with Gasteiger partial charge in [-0.2, -0.15) is 10.2 Å². The third-order valence-corrected chi connectivity index (χ3v) is 7.79. The molecule has 0 spiro atoms. The second kappa shape index (κ2) is 12.4. The van der Waals surface area contributed by atoms with Crippen LogP contribution in [0.2, 0.25) is 0 Å². The first-order valence-corrected chi connectivity index (χ1v) is 14.6. The Kier molecular flexibility index (Phi) is 7.81. The van der Waals surface area contributed by atoms with Gasteiger partial charge in [0.2, 0.25) is 0 Å². The monoisotopic (exact) mass is 757 g/mol. The molecule has 0 radical (unpaired) electrons. The van der Waals surface area contributed by atoms with Crippen LogP contribution >= 0.6 is 0 Å². The largest absolute Gasteiger partial charge is 2.00 e. The number of fused-ring (bicyclic) bond motifs is 2. The third-order valence-electron chi connectivity index (χ3n) is 7.79. The molecule has 0 N–H and O–H groups in total. The van der Waals surface area contributed by atoms with Gasteiger partial charge >= 0.3 is 21.1 Å². The third kappa shape index (κ3) is 5.57. The van der Waals surface area contributed by atoms with Crippen molar-refractivity contribution in [2.24, 2.45) is 0 Å². The Balaban J connectivity index is 0.00000325. The quantitative estimate of drug-likeness (QED) is 0.126. The summed E-state index contributed by atoms with van der Waals surface area (Å²) in [6.07, 6.45) is 4.11. The van der Waals surface area contributed by atoms with Crippen molar-refractivity contribution in [1.29, 1.82) is 0 Å². The molecule has 45 heavy (non-hydrogen) atoms. The molecule has 0 aliphatic carbocycles. The van der Waals surface area contributed by atoms with Gasteiger partial charge in [0.15, 0.2) is 0 Å². The first-order chi connectivity index (χ1) is 21.8. The Labute approximate surface area is 276 Å². The summed E-state index contributed by atoms with van der Waals surface area (Å²) in [5.41, 5.74) is 9.88. The van der Waals surface area contributed by atoms with E-state index in [9.17, 15) is 0 Å². The first-order valence-electron chi connectivity index (χ1n) is 14.6. The van der Waals surface area contributed by atoms with Crippen molar-refractivity contribution in [3.63, 3.8) is 0 Å². The fourth-order valence-corrected chi connectivity index (χ4v) is 5.73. The Morgan fingerprint density at radius 1 is 0.422 bits per heavy atom. The van der Waals surface area contributed by atoms with Crippen LogP contribution in [0, 0.1) is 12.1 Å². The van der Waals surface area contributed by atoms with Gasteiger partial charge in [0.05, 0.1) is 11.0 Å². The second-order valence-electron chi connectivity index (χ2n) is 10.6. The Hall–Kier alpha value is -5.31. The average Bonchev–Trinajstić information content (AvgIpc) is 3.73. The van der Waals surface area contributed by atoms with Crippen molar-refractivity contribution in [2.45, 2.75) is 0 Å². The molecule has 6 aromatic carbocycles. The van der Waals surface area contributed by atoms with Crippen LogP contribution in [0.3, 0.4) is 0 Å². The maximum Gasteiger partial charge on any atom is 2.00 e. The van der Waals surface area contributed by atoms with Crippen LogP contribution in [0.15, 0.2) is 158 Å². The second-order valence-corrected chi connectivity index (χ2v) is 10.6. The molecule has 2 aromatic heterocycles. The molecule has 0 bridgehead atoms. The summed E-state index contributed by atoms with van der Waals surface area (Å²) >= 11 is 0. The number of hydrogen-bond donors (Lipinski definition) is 0. The smallest absolute Gasteiger partial charge is 0.258 e. The number of hydrogen-bond acceptors (Lipinski definition) is 2. The van der Waals surface area contributed by atoms with Crippen LogP contribution < -0.4 is 0 Å². The predicted molar refractivity (Wildman–Crippen MR) is 178 cm³/mol. The van der Waals surface area contributed by atoms with E-state index in [0.29, 0.717) is 0 Å². The van der Waals surface area contributed by atoms with Crippen molar-refractivity contribution < 1.29 is 21.1 Å². The Morgan fingerprint density at radius 3 is 1.29 bits per heavy atom. The predicted octanol–water partition coefficient (Wildman–Crippen LogP) is 8.97. The van der Waals surface area contributed by atoms with E-state index in [2.05, 4.69) is 122 Å². The van der Waals surface area contributed by atoms with Gasteiger partial charge in [0, 0.05) is 23.2 Å². The van der Waals surface area contributed by atoms with Crippen molar-refractivity contribution >= 4 is 33.0 Å². The van der Waals surface area contributed by atoms with E-state index in [1.807, 2.05) is 57.9 Å². The zero-order chi connectivity index (χ0) is 29.3. The summed E-state index contributed by atoms with van der Waals surface area (Å²) in [6.45, 7) is 0. The minimum atomic E-state index is 0. The summed E-state index contributed by atoms with van der Waals surface area (Å²) < 4.78 is 3.82. The molecule has 4 nitrogen and oxygen atoms in total. The first kappa shape index (κ1) is 28.5. The van der Waals surface area contributed by atoms with Crippen molar-refractivity contribution in [1.82, 2.24) is 19.6 Å². The maximum absolute atomic E-state index is 4.84. The Bertz CT molecular complexity index is 2050. The summed E-state index contributed by atoms with van der Waals surface area (Å²) in [7, 11) is 0. The summed E-state index contributed by atoms with van der Waals surface area (Å²) in [5.74, 6) is 0. The Morgan fingerprint density at radius 2 is 0.844 bits per heavy atom. The molecule has 0 aliphatic rings. The van der Waals surface area contributed by atoms with E-state index in [4.69, 9.17) is 10.2 Å². The van der Waals surface area contributed by atoms with Crippen molar-refractivity contribution in [2.75, 3.05) is 0 Å². The molecule has 0 saturated carbocycles. The van der Waals surface area contributed by atoms with Crippen LogP contribution in [-0.2, 0) is 21.1 Å². The van der Waals surface area contributed by atoms with Gasteiger partial charge in [0.1, 0.15) is 0 Å². The van der Waals surface area contributed by atoms with Crippen LogP contribution in [0.4, 0.5) is 0 Å². The van der Waals surface area contributed by atoms with E-state index in [1.165, 1.54) is 0 Å². The molecule has 0 unspecified atom stereocenters. The average molecular weight is 758 g/mol. The van der Waals surface area contributed by atoms with E-state index in [1.54, 1.807) is 0 Å². The van der Waals surface area contributed by atoms with Crippen LogP contribution in [-0.4, -0.2) is 19.6 Å². The molecular formula is C40H26N4Pt. The fourth-order valence-electron chi connectivity index (χ4n) is 5.73. The summed E-state index contributed by atoms with van der Waals surface area (Å²) in [4.78, 5) is 0. The molecule has 0 amide bonds. The number of aromatic nitrogens is 4. The maximum atomic E-state index is 4.84. The number of rotatable bonds is 6. The van der Waals surface area contributed by atoms with Gasteiger partial charge in [-0.1, -0.05) is 97.1 Å². The number of benzene rings is 6. The molecule has 216 valence electrons. The van der Waals surface area contributed by atoms with E-state index < -0.39 is 0 Å². The van der Waals surface area contributed by atoms with E-state index in [0.717, 1.165) is 66.6 Å². The van der Waals surface area contributed by atoms with Gasteiger partial charge in [-0.25, -0.2) is 0 Å². The van der Waals surface area contributed by atoms with Gasteiger partial charge in [-0.05, 0) is 40.2 Å². The zero-order valence-corrected chi connectivity index (χ0v) is 26.4. The standard InChI is InChI=1S/C40H26N4.Pt/c1-3-13-29(14-4-1)39(30-15-5-2-6-16-30)40(31-19-11-21-35(25-31)43-27-33-17-7-9-23-37(33)41-43)32-20-12-22-36(26-32)44-28-34-18-8-10-24-38(34)42-44;/h1-24,27-28H;/q-2;+2. The van der Waals surface area contributed by atoms with Gasteiger partial charge in [-0.15, -0.1) is 65.2 Å². The van der Waals surface area contributed by atoms with Gasteiger partial charge < -0.3 is 0 Å². The van der Waals surface area contributed by atoms with Crippen LogP contribution in [0.1, 0.15) is 22.3 Å². The van der Waals surface area contributed by atoms with Crippen molar-refractivity contribution in [3.05, 3.63) is 192 Å². The minimum absolute atomic E-state index is 0. The molecule has 8 aromatic rings. The SMILES string of the molecule is [Pt+2].[c-]1c(C(=C(c2ccccc2)c2ccccc2)c2[c-]c(-n3cc4ccccc4n3)ccc2)cccc1-n1cc2ccccc2n1. The van der Waals surface area contributed by atoms with E-state index >= 15 is 0 Å². The minimum Gasteiger partial charge on any atom is -0.258 e. The normalized spacial score (nSPS) is 10.9. The van der Waals surface area contributed by atoms with Crippen LogP contribution in [0.25, 0.3) is 44.3 Å². The summed E-state index contributed by atoms with van der Waals surface area (Å²) in [5, 5.41) is 11.9. The fraction of sp³-hybridized carbons (Fsp3) is 0. The van der Waals surface area contributed by atoms with Crippen LogP contribution in [0.5, 0.6) is 0 Å². The summed E-state index contributed by atoms with van der Waals surface area (Å²) in [6, 6.07) is 57.3. The topological polar surface area (TPSA) is 35.6 Å². The molecule has 8 rings (SSSR count).